The molecule has 0 N–H and O–H groups in total. The molecule has 0 unspecified atom stereocenters. The maximum absolute atomic E-state index is 12.2. The summed E-state index contributed by atoms with van der Waals surface area (Å²) in [6, 6.07) is 0. The molecule has 0 aromatic heterocycles. The summed E-state index contributed by atoms with van der Waals surface area (Å²) >= 11 is 0. The first-order chi connectivity index (χ1) is 9.85. The summed E-state index contributed by atoms with van der Waals surface area (Å²) in [5.41, 5.74) is 0. The lowest BCUT2D eigenvalue weighted by Gasteiger charge is -2.31. The van der Waals surface area contributed by atoms with E-state index in [1.165, 1.54) is 4.31 Å². The summed E-state index contributed by atoms with van der Waals surface area (Å²) in [6.07, 6.45) is 2.56. The SMILES string of the molecule is CCOC(=O)CCCS(=O)(=O)N(C)CC1CCN(C)CC1. The molecule has 21 heavy (non-hydrogen) atoms. The van der Waals surface area contributed by atoms with Crippen molar-refractivity contribution in [1.82, 2.24) is 9.21 Å². The van der Waals surface area contributed by atoms with Crippen molar-refractivity contribution in [3.05, 3.63) is 0 Å². The monoisotopic (exact) mass is 320 g/mol. The third-order valence-corrected chi connectivity index (χ3v) is 5.82. The lowest BCUT2D eigenvalue weighted by Crippen LogP contribution is -2.38. The van der Waals surface area contributed by atoms with Crippen LogP contribution < -0.4 is 0 Å². The van der Waals surface area contributed by atoms with Gasteiger partial charge in [-0.25, -0.2) is 12.7 Å². The zero-order valence-electron chi connectivity index (χ0n) is 13.4. The van der Waals surface area contributed by atoms with E-state index in [9.17, 15) is 13.2 Å². The second-order valence-corrected chi connectivity index (χ2v) is 7.95. The highest BCUT2D eigenvalue weighted by Crippen LogP contribution is 2.18. The van der Waals surface area contributed by atoms with Gasteiger partial charge in [0, 0.05) is 20.0 Å². The van der Waals surface area contributed by atoms with Crippen LogP contribution in [0.5, 0.6) is 0 Å². The summed E-state index contributed by atoms with van der Waals surface area (Å²) < 4.78 is 30.6. The Morgan fingerprint density at radius 2 is 1.95 bits per heavy atom. The summed E-state index contributed by atoms with van der Waals surface area (Å²) in [4.78, 5) is 13.5. The van der Waals surface area contributed by atoms with E-state index >= 15 is 0 Å². The van der Waals surface area contributed by atoms with Gasteiger partial charge in [0.15, 0.2) is 0 Å². The summed E-state index contributed by atoms with van der Waals surface area (Å²) in [5.74, 6) is 0.117. The molecule has 1 fully saturated rings. The van der Waals surface area contributed by atoms with Crippen molar-refractivity contribution in [1.29, 1.82) is 0 Å². The van der Waals surface area contributed by atoms with E-state index in [2.05, 4.69) is 11.9 Å². The first-order valence-corrected chi connectivity index (χ1v) is 9.24. The average Bonchev–Trinajstić information content (AvgIpc) is 2.41. The maximum Gasteiger partial charge on any atom is 0.305 e. The minimum atomic E-state index is -3.27. The maximum atomic E-state index is 12.2. The molecule has 0 aromatic carbocycles. The molecule has 0 aromatic rings. The van der Waals surface area contributed by atoms with E-state index in [1.807, 2.05) is 0 Å². The Hall–Kier alpha value is -0.660. The van der Waals surface area contributed by atoms with Crippen LogP contribution in [0.1, 0.15) is 32.6 Å². The number of hydrogen-bond acceptors (Lipinski definition) is 5. The van der Waals surface area contributed by atoms with Crippen LogP contribution in [0.15, 0.2) is 0 Å². The van der Waals surface area contributed by atoms with E-state index in [4.69, 9.17) is 4.74 Å². The van der Waals surface area contributed by atoms with E-state index in [0.29, 0.717) is 25.5 Å². The molecule has 0 radical (unpaired) electrons. The quantitative estimate of drug-likeness (QED) is 0.623. The molecule has 0 spiro atoms. The zero-order chi connectivity index (χ0) is 15.9. The predicted octanol–water partition coefficient (Wildman–Crippen LogP) is 0.933. The van der Waals surface area contributed by atoms with E-state index in [-0.39, 0.29) is 18.1 Å². The van der Waals surface area contributed by atoms with Gasteiger partial charge in [0.05, 0.1) is 12.4 Å². The highest BCUT2D eigenvalue weighted by molar-refractivity contribution is 7.89. The Balaban J connectivity index is 2.33. The number of carbonyl (C=O) groups excluding carboxylic acids is 1. The van der Waals surface area contributed by atoms with Gasteiger partial charge in [0.1, 0.15) is 0 Å². The molecule has 0 atom stereocenters. The number of esters is 1. The highest BCUT2D eigenvalue weighted by atomic mass is 32.2. The van der Waals surface area contributed by atoms with Crippen LogP contribution in [-0.4, -0.2) is 69.7 Å². The Morgan fingerprint density at radius 1 is 1.33 bits per heavy atom. The molecule has 1 aliphatic rings. The Morgan fingerprint density at radius 3 is 2.52 bits per heavy atom. The van der Waals surface area contributed by atoms with Crippen molar-refractivity contribution in [2.75, 3.05) is 46.1 Å². The van der Waals surface area contributed by atoms with Gasteiger partial charge in [-0.3, -0.25) is 4.79 Å². The molecule has 0 aliphatic carbocycles. The molecular weight excluding hydrogens is 292 g/mol. The van der Waals surface area contributed by atoms with Crippen LogP contribution in [0, 0.1) is 5.92 Å². The molecular formula is C14H28N2O4S. The van der Waals surface area contributed by atoms with Crippen LogP contribution in [0.4, 0.5) is 0 Å². The van der Waals surface area contributed by atoms with Gasteiger partial charge in [0.25, 0.3) is 0 Å². The summed E-state index contributed by atoms with van der Waals surface area (Å²) in [5, 5.41) is 0. The van der Waals surface area contributed by atoms with Crippen LogP contribution >= 0.6 is 0 Å². The Labute approximate surface area is 128 Å². The number of likely N-dealkylation sites (tertiary alicyclic amines) is 1. The van der Waals surface area contributed by atoms with Crippen LogP contribution in [-0.2, 0) is 19.6 Å². The highest BCUT2D eigenvalue weighted by Gasteiger charge is 2.24. The smallest absolute Gasteiger partial charge is 0.305 e. The van der Waals surface area contributed by atoms with Crippen LogP contribution in [0.2, 0.25) is 0 Å². The first-order valence-electron chi connectivity index (χ1n) is 7.63. The number of piperidine rings is 1. The molecule has 1 heterocycles. The molecule has 1 rings (SSSR count). The molecule has 7 heteroatoms. The molecule has 0 saturated carbocycles. The zero-order valence-corrected chi connectivity index (χ0v) is 14.2. The largest absolute Gasteiger partial charge is 0.466 e. The molecule has 124 valence electrons. The fourth-order valence-corrected chi connectivity index (χ4v) is 3.77. The topological polar surface area (TPSA) is 66.9 Å². The number of hydrogen-bond donors (Lipinski definition) is 0. The van der Waals surface area contributed by atoms with Crippen molar-refractivity contribution < 1.29 is 17.9 Å². The van der Waals surface area contributed by atoms with Gasteiger partial charge in [-0.15, -0.1) is 0 Å². The van der Waals surface area contributed by atoms with Crippen molar-refractivity contribution in [3.63, 3.8) is 0 Å². The molecule has 1 saturated heterocycles. The number of rotatable bonds is 8. The molecule has 0 amide bonds. The van der Waals surface area contributed by atoms with Gasteiger partial charge in [-0.05, 0) is 52.2 Å². The lowest BCUT2D eigenvalue weighted by molar-refractivity contribution is -0.143. The number of carbonyl (C=O) groups is 1. The summed E-state index contributed by atoms with van der Waals surface area (Å²) in [6.45, 7) is 4.71. The minimum absolute atomic E-state index is 0.00887. The van der Waals surface area contributed by atoms with Crippen molar-refractivity contribution in [3.8, 4) is 0 Å². The van der Waals surface area contributed by atoms with Crippen molar-refractivity contribution >= 4 is 16.0 Å². The van der Waals surface area contributed by atoms with E-state index in [1.54, 1.807) is 14.0 Å². The van der Waals surface area contributed by atoms with Gasteiger partial charge >= 0.3 is 5.97 Å². The molecule has 0 bridgehead atoms. The normalized spacial score (nSPS) is 18.1. The number of nitrogens with zero attached hydrogens (tertiary/aromatic N) is 2. The van der Waals surface area contributed by atoms with E-state index < -0.39 is 10.0 Å². The average molecular weight is 320 g/mol. The number of sulfonamides is 1. The lowest BCUT2D eigenvalue weighted by atomic mass is 9.97. The fraction of sp³-hybridized carbons (Fsp3) is 0.929. The van der Waals surface area contributed by atoms with E-state index in [0.717, 1.165) is 25.9 Å². The predicted molar refractivity (Wildman–Crippen MR) is 82.5 cm³/mol. The third kappa shape index (κ3) is 6.76. The number of ether oxygens (including phenoxy) is 1. The Bertz CT molecular complexity index is 417. The van der Waals surface area contributed by atoms with Gasteiger partial charge < -0.3 is 9.64 Å². The summed E-state index contributed by atoms with van der Waals surface area (Å²) in [7, 11) is 0.454. The second-order valence-electron chi connectivity index (χ2n) is 5.75. The Kier molecular flexibility index (Phi) is 7.62. The van der Waals surface area contributed by atoms with Crippen LogP contribution in [0.3, 0.4) is 0 Å². The minimum Gasteiger partial charge on any atom is -0.466 e. The first kappa shape index (κ1) is 18.4. The van der Waals surface area contributed by atoms with Gasteiger partial charge in [-0.1, -0.05) is 0 Å². The molecule has 6 nitrogen and oxygen atoms in total. The molecule has 1 aliphatic heterocycles. The fourth-order valence-electron chi connectivity index (χ4n) is 2.51. The van der Waals surface area contributed by atoms with Crippen LogP contribution in [0.25, 0.3) is 0 Å². The second kappa shape index (κ2) is 8.70. The van der Waals surface area contributed by atoms with Crippen molar-refractivity contribution in [2.45, 2.75) is 32.6 Å². The van der Waals surface area contributed by atoms with Crippen molar-refractivity contribution in [2.24, 2.45) is 5.92 Å². The third-order valence-electron chi connectivity index (χ3n) is 3.92. The van der Waals surface area contributed by atoms with Gasteiger partial charge in [-0.2, -0.15) is 0 Å². The van der Waals surface area contributed by atoms with Gasteiger partial charge in [0.2, 0.25) is 10.0 Å². The standard InChI is InChI=1S/C14H28N2O4S/c1-4-20-14(17)6-5-11-21(18,19)16(3)12-13-7-9-15(2)10-8-13/h13H,4-12H2,1-3H3.